The van der Waals surface area contributed by atoms with Crippen molar-refractivity contribution in [1.82, 2.24) is 0 Å². The molecule has 0 aromatic rings. The number of hydrogen-bond acceptors (Lipinski definition) is 0. The molecule has 12 heavy (non-hydrogen) atoms. The Kier molecular flexibility index (Phi) is 3.56. The largest absolute Gasteiger partial charge is 0.0853 e. The van der Waals surface area contributed by atoms with Gasteiger partial charge in [0.05, 0.1) is 0 Å². The predicted molar refractivity (Wildman–Crippen MR) is 57.3 cm³/mol. The summed E-state index contributed by atoms with van der Waals surface area (Å²) in [6, 6.07) is 0. The highest BCUT2D eigenvalue weighted by Gasteiger charge is 2.31. The second-order valence-electron chi connectivity index (χ2n) is 5.62. The third kappa shape index (κ3) is 3.42. The SMILES string of the molecule is CC(C)=CCC(C)(C)C(C)(C)C. The van der Waals surface area contributed by atoms with Gasteiger partial charge in [0.15, 0.2) is 0 Å². The van der Waals surface area contributed by atoms with Gasteiger partial charge in [0.25, 0.3) is 0 Å². The minimum Gasteiger partial charge on any atom is -0.0853 e. The first-order chi connectivity index (χ1) is 5.17. The van der Waals surface area contributed by atoms with Crippen LogP contribution in [0.15, 0.2) is 11.6 Å². The van der Waals surface area contributed by atoms with Gasteiger partial charge in [-0.25, -0.2) is 0 Å². The Balaban J connectivity index is 4.34. The van der Waals surface area contributed by atoms with Crippen LogP contribution in [-0.2, 0) is 0 Å². The zero-order chi connectivity index (χ0) is 9.99. The van der Waals surface area contributed by atoms with Gasteiger partial charge in [0.1, 0.15) is 0 Å². The molecule has 0 saturated heterocycles. The van der Waals surface area contributed by atoms with Crippen molar-refractivity contribution in [2.24, 2.45) is 10.8 Å². The summed E-state index contributed by atoms with van der Waals surface area (Å²) in [6.07, 6.45) is 3.52. The van der Waals surface area contributed by atoms with Crippen LogP contribution in [0.25, 0.3) is 0 Å². The van der Waals surface area contributed by atoms with Crippen LogP contribution in [0.1, 0.15) is 54.9 Å². The highest BCUT2D eigenvalue weighted by Crippen LogP contribution is 2.41. The first-order valence-electron chi connectivity index (χ1n) is 4.80. The van der Waals surface area contributed by atoms with Crippen molar-refractivity contribution in [3.05, 3.63) is 11.6 Å². The number of hydrogen-bond donors (Lipinski definition) is 0. The fourth-order valence-corrected chi connectivity index (χ4v) is 0.765. The monoisotopic (exact) mass is 168 g/mol. The van der Waals surface area contributed by atoms with Crippen molar-refractivity contribution in [1.29, 1.82) is 0 Å². The molecule has 0 heterocycles. The van der Waals surface area contributed by atoms with Crippen LogP contribution in [0.4, 0.5) is 0 Å². The van der Waals surface area contributed by atoms with E-state index in [2.05, 4.69) is 54.5 Å². The summed E-state index contributed by atoms with van der Waals surface area (Å²) in [5.41, 5.74) is 2.20. The Labute approximate surface area is 78.1 Å². The van der Waals surface area contributed by atoms with Gasteiger partial charge < -0.3 is 0 Å². The molecule has 0 aliphatic rings. The van der Waals surface area contributed by atoms with Gasteiger partial charge in [0, 0.05) is 0 Å². The Bertz CT molecular complexity index is 161. The lowest BCUT2D eigenvalue weighted by atomic mass is 9.67. The minimum atomic E-state index is 0.388. The lowest BCUT2D eigenvalue weighted by Crippen LogP contribution is -2.28. The summed E-state index contributed by atoms with van der Waals surface area (Å²) >= 11 is 0. The van der Waals surface area contributed by atoms with Gasteiger partial charge in [-0.05, 0) is 31.1 Å². The molecule has 0 amide bonds. The summed E-state index contributed by atoms with van der Waals surface area (Å²) in [4.78, 5) is 0. The van der Waals surface area contributed by atoms with Gasteiger partial charge in [-0.2, -0.15) is 0 Å². The molecule has 72 valence electrons. The molecular weight excluding hydrogens is 144 g/mol. The molecular formula is C12H24. The Morgan fingerprint density at radius 1 is 1.00 bits per heavy atom. The second kappa shape index (κ2) is 3.64. The maximum Gasteiger partial charge on any atom is -0.0271 e. The fourth-order valence-electron chi connectivity index (χ4n) is 0.765. The summed E-state index contributed by atoms with van der Waals surface area (Å²) in [7, 11) is 0. The molecule has 0 atom stereocenters. The Hall–Kier alpha value is -0.260. The molecule has 0 bridgehead atoms. The topological polar surface area (TPSA) is 0 Å². The van der Waals surface area contributed by atoms with Crippen LogP contribution < -0.4 is 0 Å². The molecule has 0 heteroatoms. The third-order valence-electron chi connectivity index (χ3n) is 3.05. The van der Waals surface area contributed by atoms with Gasteiger partial charge in [-0.15, -0.1) is 0 Å². The van der Waals surface area contributed by atoms with Crippen molar-refractivity contribution >= 4 is 0 Å². The average Bonchev–Trinajstić information content (AvgIpc) is 1.81. The van der Waals surface area contributed by atoms with E-state index in [1.807, 2.05) is 0 Å². The summed E-state index contributed by atoms with van der Waals surface area (Å²) < 4.78 is 0. The van der Waals surface area contributed by atoms with Gasteiger partial charge in [-0.1, -0.05) is 46.3 Å². The zero-order valence-corrected chi connectivity index (χ0v) is 9.78. The molecule has 0 aromatic carbocycles. The van der Waals surface area contributed by atoms with E-state index in [-0.39, 0.29) is 0 Å². The van der Waals surface area contributed by atoms with Crippen molar-refractivity contribution in [2.45, 2.75) is 54.9 Å². The first kappa shape index (κ1) is 11.7. The van der Waals surface area contributed by atoms with Crippen LogP contribution in [0.2, 0.25) is 0 Å². The molecule has 0 fully saturated rings. The van der Waals surface area contributed by atoms with Crippen LogP contribution in [0.3, 0.4) is 0 Å². The fraction of sp³-hybridized carbons (Fsp3) is 0.833. The van der Waals surface area contributed by atoms with E-state index < -0.39 is 0 Å². The van der Waals surface area contributed by atoms with E-state index in [9.17, 15) is 0 Å². The summed E-state index contributed by atoms with van der Waals surface area (Å²) in [5, 5.41) is 0. The lowest BCUT2D eigenvalue weighted by Gasteiger charge is -2.38. The molecule has 0 N–H and O–H groups in total. The van der Waals surface area contributed by atoms with Crippen LogP contribution >= 0.6 is 0 Å². The van der Waals surface area contributed by atoms with Gasteiger partial charge >= 0.3 is 0 Å². The standard InChI is InChI=1S/C12H24/c1-10(2)8-9-12(6,7)11(3,4)5/h8H,9H2,1-7H3. The average molecular weight is 168 g/mol. The first-order valence-corrected chi connectivity index (χ1v) is 4.80. The van der Waals surface area contributed by atoms with Crippen molar-refractivity contribution in [3.8, 4) is 0 Å². The van der Waals surface area contributed by atoms with Crippen molar-refractivity contribution in [2.75, 3.05) is 0 Å². The second-order valence-corrected chi connectivity index (χ2v) is 5.62. The molecule has 0 rings (SSSR count). The van der Waals surface area contributed by atoms with Gasteiger partial charge in [0.2, 0.25) is 0 Å². The van der Waals surface area contributed by atoms with Crippen LogP contribution in [-0.4, -0.2) is 0 Å². The third-order valence-corrected chi connectivity index (χ3v) is 3.05. The number of rotatable bonds is 2. The Morgan fingerprint density at radius 2 is 1.42 bits per heavy atom. The van der Waals surface area contributed by atoms with E-state index >= 15 is 0 Å². The van der Waals surface area contributed by atoms with E-state index in [4.69, 9.17) is 0 Å². The highest BCUT2D eigenvalue weighted by molar-refractivity contribution is 4.98. The van der Waals surface area contributed by atoms with Crippen LogP contribution in [0.5, 0.6) is 0 Å². The molecule has 0 aromatic heterocycles. The summed E-state index contributed by atoms with van der Waals surface area (Å²) in [5.74, 6) is 0. The molecule has 0 aliphatic carbocycles. The van der Waals surface area contributed by atoms with Gasteiger partial charge in [-0.3, -0.25) is 0 Å². The van der Waals surface area contributed by atoms with Crippen molar-refractivity contribution in [3.63, 3.8) is 0 Å². The quantitative estimate of drug-likeness (QED) is 0.536. The highest BCUT2D eigenvalue weighted by atomic mass is 14.4. The molecule has 0 unspecified atom stereocenters. The van der Waals surface area contributed by atoms with Crippen molar-refractivity contribution < 1.29 is 0 Å². The van der Waals surface area contributed by atoms with E-state index in [1.54, 1.807) is 0 Å². The lowest BCUT2D eigenvalue weighted by molar-refractivity contribution is 0.135. The molecule has 0 saturated carbocycles. The van der Waals surface area contributed by atoms with Crippen LogP contribution in [0, 0.1) is 10.8 Å². The summed E-state index contributed by atoms with van der Waals surface area (Å²) in [6.45, 7) is 15.9. The molecule has 0 spiro atoms. The molecule has 0 radical (unpaired) electrons. The minimum absolute atomic E-state index is 0.388. The predicted octanol–water partition coefficient (Wildman–Crippen LogP) is 4.42. The number of allylic oxidation sites excluding steroid dienone is 2. The molecule has 0 nitrogen and oxygen atoms in total. The Morgan fingerprint density at radius 3 is 1.67 bits per heavy atom. The van der Waals surface area contributed by atoms with E-state index in [0.29, 0.717) is 10.8 Å². The molecule has 0 aliphatic heterocycles. The maximum atomic E-state index is 2.34. The van der Waals surface area contributed by atoms with E-state index in [0.717, 1.165) is 0 Å². The zero-order valence-electron chi connectivity index (χ0n) is 9.78. The maximum absolute atomic E-state index is 2.34. The normalized spacial score (nSPS) is 12.9. The van der Waals surface area contributed by atoms with E-state index in [1.165, 1.54) is 12.0 Å². The smallest absolute Gasteiger partial charge is 0.0271 e.